The summed E-state index contributed by atoms with van der Waals surface area (Å²) in [6.07, 6.45) is 1.79. The van der Waals surface area contributed by atoms with Crippen LogP contribution in [0.4, 0.5) is 0 Å². The molecule has 0 fully saturated rings. The summed E-state index contributed by atoms with van der Waals surface area (Å²) in [5, 5.41) is 6.54. The van der Waals surface area contributed by atoms with Gasteiger partial charge in [0, 0.05) is 32.4 Å². The summed E-state index contributed by atoms with van der Waals surface area (Å²) < 4.78 is 10.8. The van der Waals surface area contributed by atoms with Crippen molar-refractivity contribution in [2.75, 3.05) is 20.7 Å². The van der Waals surface area contributed by atoms with Crippen LogP contribution in [0.1, 0.15) is 19.4 Å². The van der Waals surface area contributed by atoms with Crippen molar-refractivity contribution in [3.05, 3.63) is 48.2 Å². The molecule has 1 heterocycles. The molecule has 134 valence electrons. The lowest BCUT2D eigenvalue weighted by Gasteiger charge is -2.13. The van der Waals surface area contributed by atoms with Crippen molar-refractivity contribution in [1.29, 1.82) is 0 Å². The van der Waals surface area contributed by atoms with Crippen molar-refractivity contribution in [3.8, 4) is 17.4 Å². The molecule has 0 saturated carbocycles. The fraction of sp³-hybridized carbons (Fsp3) is 0.368. The number of aromatic nitrogens is 1. The number of ether oxygens (including phenoxy) is 2. The van der Waals surface area contributed by atoms with E-state index in [0.29, 0.717) is 18.3 Å². The van der Waals surface area contributed by atoms with Gasteiger partial charge in [-0.15, -0.1) is 0 Å². The molecule has 1 aromatic carbocycles. The van der Waals surface area contributed by atoms with Crippen molar-refractivity contribution in [2.45, 2.75) is 20.4 Å². The number of nitrogens with one attached hydrogen (secondary N) is 2. The van der Waals surface area contributed by atoms with Gasteiger partial charge in [-0.3, -0.25) is 4.99 Å². The van der Waals surface area contributed by atoms with E-state index in [1.165, 1.54) is 0 Å². The monoisotopic (exact) mass is 342 g/mol. The summed E-state index contributed by atoms with van der Waals surface area (Å²) in [4.78, 5) is 8.54. The lowest BCUT2D eigenvalue weighted by atomic mass is 10.2. The number of nitrogens with zero attached hydrogens (tertiary/aromatic N) is 2. The normalized spacial score (nSPS) is 11.3. The van der Waals surface area contributed by atoms with Crippen LogP contribution in [0.15, 0.2) is 47.6 Å². The highest BCUT2D eigenvalue weighted by Crippen LogP contribution is 2.22. The number of benzene rings is 1. The fourth-order valence-electron chi connectivity index (χ4n) is 2.05. The highest BCUT2D eigenvalue weighted by atomic mass is 16.5. The molecule has 6 nitrogen and oxygen atoms in total. The minimum atomic E-state index is 0.552. The zero-order chi connectivity index (χ0) is 18.1. The van der Waals surface area contributed by atoms with Gasteiger partial charge in [0.25, 0.3) is 0 Å². The van der Waals surface area contributed by atoms with Crippen LogP contribution in [0, 0.1) is 5.92 Å². The zero-order valence-corrected chi connectivity index (χ0v) is 15.2. The minimum absolute atomic E-state index is 0.552. The first-order chi connectivity index (χ1) is 12.1. The summed E-state index contributed by atoms with van der Waals surface area (Å²) in [7, 11) is 3.40. The maximum absolute atomic E-state index is 5.72. The van der Waals surface area contributed by atoms with E-state index in [0.717, 1.165) is 29.6 Å². The summed E-state index contributed by atoms with van der Waals surface area (Å²) >= 11 is 0. The number of hydrogen-bond donors (Lipinski definition) is 2. The van der Waals surface area contributed by atoms with Crippen LogP contribution in [0.5, 0.6) is 17.4 Å². The van der Waals surface area contributed by atoms with E-state index in [4.69, 9.17) is 9.47 Å². The number of pyridine rings is 1. The molecular weight excluding hydrogens is 316 g/mol. The Labute approximate surface area is 149 Å². The van der Waals surface area contributed by atoms with Crippen molar-refractivity contribution >= 4 is 5.96 Å². The van der Waals surface area contributed by atoms with Gasteiger partial charge in [0.2, 0.25) is 5.88 Å². The first kappa shape index (κ1) is 18.6. The van der Waals surface area contributed by atoms with Gasteiger partial charge in [0.1, 0.15) is 11.5 Å². The van der Waals surface area contributed by atoms with Gasteiger partial charge in [-0.05, 0) is 35.7 Å². The lowest BCUT2D eigenvalue weighted by molar-refractivity contribution is 0.412. The largest absolute Gasteiger partial charge is 0.497 e. The van der Waals surface area contributed by atoms with Crippen LogP contribution in [0.3, 0.4) is 0 Å². The molecule has 0 spiro atoms. The van der Waals surface area contributed by atoms with E-state index in [-0.39, 0.29) is 0 Å². The van der Waals surface area contributed by atoms with Crippen LogP contribution in [-0.4, -0.2) is 31.6 Å². The molecule has 0 saturated heterocycles. The van der Waals surface area contributed by atoms with Crippen LogP contribution in [0.2, 0.25) is 0 Å². The molecule has 2 N–H and O–H groups in total. The quantitative estimate of drug-likeness (QED) is 0.597. The summed E-state index contributed by atoms with van der Waals surface area (Å²) in [6.45, 7) is 5.84. The molecule has 0 bridgehead atoms. The first-order valence-corrected chi connectivity index (χ1v) is 8.32. The number of hydrogen-bond acceptors (Lipinski definition) is 4. The molecule has 0 aliphatic rings. The van der Waals surface area contributed by atoms with Gasteiger partial charge in [-0.1, -0.05) is 19.9 Å². The molecule has 0 amide bonds. The average molecular weight is 342 g/mol. The Kier molecular flexibility index (Phi) is 7.07. The average Bonchev–Trinajstić information content (AvgIpc) is 2.63. The second-order valence-electron chi connectivity index (χ2n) is 5.98. The Morgan fingerprint density at radius 2 is 1.80 bits per heavy atom. The van der Waals surface area contributed by atoms with Gasteiger partial charge >= 0.3 is 0 Å². The Morgan fingerprint density at radius 1 is 1.08 bits per heavy atom. The number of guanidine groups is 1. The van der Waals surface area contributed by atoms with Gasteiger partial charge in [-0.2, -0.15) is 0 Å². The van der Waals surface area contributed by atoms with Crippen LogP contribution >= 0.6 is 0 Å². The molecule has 0 aliphatic carbocycles. The standard InChI is InChI=1S/C19H26N4O2/c1-14(2)11-22-19(20-3)23-13-15-5-10-18(21-12-15)25-17-8-6-16(24-4)7-9-17/h5-10,12,14H,11,13H2,1-4H3,(H2,20,22,23). The second-order valence-corrected chi connectivity index (χ2v) is 5.98. The molecule has 0 atom stereocenters. The van der Waals surface area contributed by atoms with Crippen LogP contribution in [0.25, 0.3) is 0 Å². The van der Waals surface area contributed by atoms with E-state index < -0.39 is 0 Å². The predicted molar refractivity (Wildman–Crippen MR) is 100 cm³/mol. The van der Waals surface area contributed by atoms with Gasteiger partial charge < -0.3 is 20.1 Å². The molecule has 25 heavy (non-hydrogen) atoms. The molecule has 1 aromatic heterocycles. The topological polar surface area (TPSA) is 67.8 Å². The zero-order valence-electron chi connectivity index (χ0n) is 15.2. The maximum Gasteiger partial charge on any atom is 0.219 e. The SMILES string of the molecule is CN=C(NCc1ccc(Oc2ccc(OC)cc2)nc1)NCC(C)C. The second kappa shape index (κ2) is 9.52. The van der Waals surface area contributed by atoms with E-state index >= 15 is 0 Å². The third kappa shape index (κ3) is 6.33. The van der Waals surface area contributed by atoms with Gasteiger partial charge in [0.05, 0.1) is 7.11 Å². The smallest absolute Gasteiger partial charge is 0.219 e. The lowest BCUT2D eigenvalue weighted by Crippen LogP contribution is -2.38. The summed E-state index contributed by atoms with van der Waals surface area (Å²) in [6, 6.07) is 11.2. The Hall–Kier alpha value is -2.76. The number of methoxy groups -OCH3 is 1. The van der Waals surface area contributed by atoms with E-state index in [1.807, 2.05) is 36.4 Å². The number of aliphatic imine (C=N–C) groups is 1. The predicted octanol–water partition coefficient (Wildman–Crippen LogP) is 3.20. The van der Waals surface area contributed by atoms with E-state index in [1.54, 1.807) is 20.4 Å². The van der Waals surface area contributed by atoms with E-state index in [2.05, 4.69) is 34.5 Å². The Morgan fingerprint density at radius 3 is 2.36 bits per heavy atom. The highest BCUT2D eigenvalue weighted by Gasteiger charge is 2.02. The van der Waals surface area contributed by atoms with Gasteiger partial charge in [0.15, 0.2) is 5.96 Å². The molecule has 0 unspecified atom stereocenters. The molecule has 0 radical (unpaired) electrons. The fourth-order valence-corrected chi connectivity index (χ4v) is 2.05. The van der Waals surface area contributed by atoms with Crippen molar-refractivity contribution < 1.29 is 9.47 Å². The third-order valence-electron chi connectivity index (χ3n) is 3.44. The molecule has 2 rings (SSSR count). The maximum atomic E-state index is 5.72. The van der Waals surface area contributed by atoms with Crippen molar-refractivity contribution in [2.24, 2.45) is 10.9 Å². The molecule has 2 aromatic rings. The first-order valence-electron chi connectivity index (χ1n) is 8.32. The minimum Gasteiger partial charge on any atom is -0.497 e. The molecule has 0 aliphatic heterocycles. The van der Waals surface area contributed by atoms with Crippen molar-refractivity contribution in [1.82, 2.24) is 15.6 Å². The highest BCUT2D eigenvalue weighted by molar-refractivity contribution is 5.79. The number of rotatable bonds is 7. The van der Waals surface area contributed by atoms with Gasteiger partial charge in [-0.25, -0.2) is 4.98 Å². The van der Waals surface area contributed by atoms with Crippen molar-refractivity contribution in [3.63, 3.8) is 0 Å². The molecule has 6 heteroatoms. The van der Waals surface area contributed by atoms with Crippen LogP contribution in [-0.2, 0) is 6.54 Å². The summed E-state index contributed by atoms with van der Waals surface area (Å²) in [5.41, 5.74) is 1.05. The third-order valence-corrected chi connectivity index (χ3v) is 3.44. The molecular formula is C19H26N4O2. The summed E-state index contributed by atoms with van der Waals surface area (Å²) in [5.74, 6) is 3.41. The Bertz CT molecular complexity index is 667. The van der Waals surface area contributed by atoms with E-state index in [9.17, 15) is 0 Å². The van der Waals surface area contributed by atoms with Crippen LogP contribution < -0.4 is 20.1 Å². The Balaban J connectivity index is 1.86.